The molecule has 0 saturated carbocycles. The Bertz CT molecular complexity index is 513. The van der Waals surface area contributed by atoms with Crippen LogP contribution in [0.15, 0.2) is 53.0 Å². The minimum absolute atomic E-state index is 0.232. The number of halogens is 2. The Morgan fingerprint density at radius 3 is 2.50 bits per heavy atom. The highest BCUT2D eigenvalue weighted by Gasteiger charge is 2.09. The Balaban J connectivity index is 1.99. The van der Waals surface area contributed by atoms with Gasteiger partial charge in [-0.15, -0.1) is 0 Å². The third-order valence-electron chi connectivity index (χ3n) is 2.89. The molecule has 0 aliphatic heterocycles. The zero-order valence-electron chi connectivity index (χ0n) is 9.81. The summed E-state index contributed by atoms with van der Waals surface area (Å²) in [7, 11) is 0. The molecule has 2 rings (SSSR count). The first kappa shape index (κ1) is 13.2. The second kappa shape index (κ2) is 6.12. The maximum atomic E-state index is 13.6. The van der Waals surface area contributed by atoms with Gasteiger partial charge in [-0.05, 0) is 36.1 Å². The van der Waals surface area contributed by atoms with E-state index in [1.807, 2.05) is 36.4 Å². The Morgan fingerprint density at radius 2 is 1.83 bits per heavy atom. The number of aliphatic hydroxyl groups excluding tert-OH is 1. The second-order valence-corrected chi connectivity index (χ2v) is 5.12. The summed E-state index contributed by atoms with van der Waals surface area (Å²) in [6.07, 6.45) is 0.492. The summed E-state index contributed by atoms with van der Waals surface area (Å²) in [6, 6.07) is 14.4. The van der Waals surface area contributed by atoms with Crippen LogP contribution in [0.2, 0.25) is 0 Å². The zero-order chi connectivity index (χ0) is 13.0. The number of aryl methyl sites for hydroxylation is 1. The van der Waals surface area contributed by atoms with Gasteiger partial charge in [-0.2, -0.15) is 0 Å². The molecule has 0 aliphatic rings. The van der Waals surface area contributed by atoms with Crippen LogP contribution in [0, 0.1) is 5.82 Å². The molecule has 1 N–H and O–H groups in total. The molecule has 0 fully saturated rings. The highest BCUT2D eigenvalue weighted by molar-refractivity contribution is 9.10. The Hall–Kier alpha value is -1.19. The van der Waals surface area contributed by atoms with Crippen LogP contribution >= 0.6 is 15.9 Å². The van der Waals surface area contributed by atoms with Gasteiger partial charge in [0.05, 0.1) is 6.10 Å². The Morgan fingerprint density at radius 1 is 1.11 bits per heavy atom. The Labute approximate surface area is 114 Å². The van der Waals surface area contributed by atoms with Gasteiger partial charge in [0.15, 0.2) is 0 Å². The molecule has 2 aromatic rings. The SMILES string of the molecule is OC(CCc1ccc(Br)cc1F)c1ccccc1. The lowest BCUT2D eigenvalue weighted by molar-refractivity contribution is 0.167. The van der Waals surface area contributed by atoms with E-state index < -0.39 is 6.10 Å². The van der Waals surface area contributed by atoms with E-state index in [0.717, 1.165) is 10.0 Å². The molecule has 0 aromatic heterocycles. The van der Waals surface area contributed by atoms with Crippen LogP contribution < -0.4 is 0 Å². The number of hydrogen-bond donors (Lipinski definition) is 1. The summed E-state index contributed by atoms with van der Waals surface area (Å²) in [4.78, 5) is 0. The molecule has 1 unspecified atom stereocenters. The fourth-order valence-corrected chi connectivity index (χ4v) is 2.19. The van der Waals surface area contributed by atoms with E-state index >= 15 is 0 Å². The summed E-state index contributed by atoms with van der Waals surface area (Å²) in [5.74, 6) is -0.232. The van der Waals surface area contributed by atoms with Gasteiger partial charge in [-0.1, -0.05) is 52.3 Å². The highest BCUT2D eigenvalue weighted by Crippen LogP contribution is 2.21. The standard InChI is InChI=1S/C15H14BrFO/c16-13-8-6-11(14(17)10-13)7-9-15(18)12-4-2-1-3-5-12/h1-6,8,10,15,18H,7,9H2. The van der Waals surface area contributed by atoms with E-state index in [-0.39, 0.29) is 5.82 Å². The van der Waals surface area contributed by atoms with Crippen molar-refractivity contribution >= 4 is 15.9 Å². The van der Waals surface area contributed by atoms with Crippen LogP contribution in [0.3, 0.4) is 0 Å². The molecule has 18 heavy (non-hydrogen) atoms. The highest BCUT2D eigenvalue weighted by atomic mass is 79.9. The van der Waals surface area contributed by atoms with Crippen molar-refractivity contribution in [3.05, 3.63) is 69.9 Å². The van der Waals surface area contributed by atoms with Crippen LogP contribution in [0.5, 0.6) is 0 Å². The molecule has 0 spiro atoms. The van der Waals surface area contributed by atoms with Crippen molar-refractivity contribution in [2.45, 2.75) is 18.9 Å². The van der Waals surface area contributed by atoms with Gasteiger partial charge in [-0.3, -0.25) is 0 Å². The summed E-state index contributed by atoms with van der Waals surface area (Å²) >= 11 is 3.22. The molecule has 0 saturated heterocycles. The first-order valence-corrected chi connectivity index (χ1v) is 6.63. The summed E-state index contributed by atoms with van der Waals surface area (Å²) in [6.45, 7) is 0. The molecule has 0 radical (unpaired) electrons. The topological polar surface area (TPSA) is 20.2 Å². The van der Waals surface area contributed by atoms with Crippen LogP contribution in [-0.4, -0.2) is 5.11 Å². The molecule has 1 atom stereocenters. The van der Waals surface area contributed by atoms with E-state index in [1.165, 1.54) is 6.07 Å². The van der Waals surface area contributed by atoms with Gasteiger partial charge in [0, 0.05) is 4.47 Å². The van der Waals surface area contributed by atoms with Crippen molar-refractivity contribution in [3.63, 3.8) is 0 Å². The van der Waals surface area contributed by atoms with Gasteiger partial charge >= 0.3 is 0 Å². The maximum absolute atomic E-state index is 13.6. The normalized spacial score (nSPS) is 12.4. The third kappa shape index (κ3) is 3.40. The van der Waals surface area contributed by atoms with Crippen molar-refractivity contribution in [1.82, 2.24) is 0 Å². The number of benzene rings is 2. The van der Waals surface area contributed by atoms with Crippen molar-refractivity contribution in [3.8, 4) is 0 Å². The lowest BCUT2D eigenvalue weighted by Crippen LogP contribution is -2.00. The summed E-state index contributed by atoms with van der Waals surface area (Å²) < 4.78 is 14.3. The van der Waals surface area contributed by atoms with Crippen molar-refractivity contribution in [2.24, 2.45) is 0 Å². The van der Waals surface area contributed by atoms with Crippen LogP contribution in [0.1, 0.15) is 23.7 Å². The smallest absolute Gasteiger partial charge is 0.127 e. The van der Waals surface area contributed by atoms with Gasteiger partial charge in [0.25, 0.3) is 0 Å². The van der Waals surface area contributed by atoms with E-state index in [2.05, 4.69) is 15.9 Å². The summed E-state index contributed by atoms with van der Waals surface area (Å²) in [5, 5.41) is 10.00. The minimum Gasteiger partial charge on any atom is -0.388 e. The van der Waals surface area contributed by atoms with Crippen molar-refractivity contribution in [1.29, 1.82) is 0 Å². The number of hydrogen-bond acceptors (Lipinski definition) is 1. The van der Waals surface area contributed by atoms with Crippen LogP contribution in [0.4, 0.5) is 4.39 Å². The molecule has 0 bridgehead atoms. The third-order valence-corrected chi connectivity index (χ3v) is 3.38. The quantitative estimate of drug-likeness (QED) is 0.895. The van der Waals surface area contributed by atoms with Gasteiger partial charge in [0.1, 0.15) is 5.82 Å². The van der Waals surface area contributed by atoms with Crippen molar-refractivity contribution < 1.29 is 9.50 Å². The monoisotopic (exact) mass is 308 g/mol. The predicted octanol–water partition coefficient (Wildman–Crippen LogP) is 4.25. The van der Waals surface area contributed by atoms with Crippen LogP contribution in [0.25, 0.3) is 0 Å². The number of aliphatic hydroxyl groups is 1. The predicted molar refractivity (Wildman–Crippen MR) is 73.8 cm³/mol. The number of rotatable bonds is 4. The van der Waals surface area contributed by atoms with E-state index in [9.17, 15) is 9.50 Å². The summed E-state index contributed by atoms with van der Waals surface area (Å²) in [5.41, 5.74) is 1.50. The molecule has 1 nitrogen and oxygen atoms in total. The van der Waals surface area contributed by atoms with Gasteiger partial charge < -0.3 is 5.11 Å². The van der Waals surface area contributed by atoms with Crippen molar-refractivity contribution in [2.75, 3.05) is 0 Å². The van der Waals surface area contributed by atoms with E-state index in [4.69, 9.17) is 0 Å². The first-order chi connectivity index (χ1) is 8.66. The van der Waals surface area contributed by atoms with E-state index in [1.54, 1.807) is 6.07 Å². The molecule has 94 valence electrons. The molecular weight excluding hydrogens is 295 g/mol. The fourth-order valence-electron chi connectivity index (χ4n) is 1.86. The lowest BCUT2D eigenvalue weighted by Gasteiger charge is -2.11. The van der Waals surface area contributed by atoms with Gasteiger partial charge in [0.2, 0.25) is 0 Å². The molecule has 3 heteroatoms. The largest absolute Gasteiger partial charge is 0.388 e. The van der Waals surface area contributed by atoms with Gasteiger partial charge in [-0.25, -0.2) is 4.39 Å². The molecule has 0 aliphatic carbocycles. The maximum Gasteiger partial charge on any atom is 0.127 e. The minimum atomic E-state index is -0.547. The fraction of sp³-hybridized carbons (Fsp3) is 0.200. The Kier molecular flexibility index (Phi) is 4.50. The average molecular weight is 309 g/mol. The second-order valence-electron chi connectivity index (χ2n) is 4.20. The average Bonchev–Trinajstić information content (AvgIpc) is 2.38. The molecule has 0 amide bonds. The first-order valence-electron chi connectivity index (χ1n) is 5.84. The molecular formula is C15H14BrFO. The van der Waals surface area contributed by atoms with Crippen LogP contribution in [-0.2, 0) is 6.42 Å². The lowest BCUT2D eigenvalue weighted by atomic mass is 10.0. The molecule has 0 heterocycles. The zero-order valence-corrected chi connectivity index (χ0v) is 11.4. The van der Waals surface area contributed by atoms with E-state index in [0.29, 0.717) is 18.4 Å². The molecule has 2 aromatic carbocycles.